The average molecular weight is 359 g/mol. The normalized spacial score (nSPS) is 18.4. The Morgan fingerprint density at radius 2 is 1.68 bits per heavy atom. The van der Waals surface area contributed by atoms with Crippen LogP contribution >= 0.6 is 0 Å². The first-order valence-corrected chi connectivity index (χ1v) is 10.0. The molecule has 2 aromatic rings. The van der Waals surface area contributed by atoms with Crippen LogP contribution in [0.5, 0.6) is 11.5 Å². The van der Waals surface area contributed by atoms with Crippen molar-refractivity contribution in [3.05, 3.63) is 54.1 Å². The first-order chi connectivity index (χ1) is 12.1. The lowest BCUT2D eigenvalue weighted by Gasteiger charge is -2.42. The average Bonchev–Trinajstić information content (AvgIpc) is 2.61. The topological polar surface area (TPSA) is 64.6 Å². The highest BCUT2D eigenvalue weighted by Crippen LogP contribution is 2.43. The van der Waals surface area contributed by atoms with Crippen LogP contribution in [0.1, 0.15) is 24.8 Å². The van der Waals surface area contributed by atoms with E-state index in [1.807, 2.05) is 18.2 Å². The van der Waals surface area contributed by atoms with Crippen molar-refractivity contribution in [3.8, 4) is 11.5 Å². The number of sulfonamides is 1. The molecule has 1 aliphatic heterocycles. The Balaban J connectivity index is 1.54. The van der Waals surface area contributed by atoms with Crippen LogP contribution in [0, 0.1) is 0 Å². The predicted molar refractivity (Wildman–Crippen MR) is 94.6 cm³/mol. The Morgan fingerprint density at radius 1 is 0.960 bits per heavy atom. The lowest BCUT2D eigenvalue weighted by atomic mass is 9.64. The highest BCUT2D eigenvalue weighted by molar-refractivity contribution is 7.89. The molecule has 1 aliphatic carbocycles. The molecule has 4 rings (SSSR count). The molecule has 1 saturated carbocycles. The van der Waals surface area contributed by atoms with E-state index in [1.54, 1.807) is 12.1 Å². The first-order valence-electron chi connectivity index (χ1n) is 8.54. The summed E-state index contributed by atoms with van der Waals surface area (Å²) in [5, 5.41) is 0. The summed E-state index contributed by atoms with van der Waals surface area (Å²) in [7, 11) is -3.60. The van der Waals surface area contributed by atoms with Crippen molar-refractivity contribution in [2.75, 3.05) is 19.8 Å². The molecule has 0 bridgehead atoms. The highest BCUT2D eigenvalue weighted by Gasteiger charge is 2.39. The number of fused-ring (bicyclic) bond motifs is 1. The fourth-order valence-corrected chi connectivity index (χ4v) is 4.61. The fourth-order valence-electron chi connectivity index (χ4n) is 3.47. The lowest BCUT2D eigenvalue weighted by Crippen LogP contribution is -2.45. The van der Waals surface area contributed by atoms with Gasteiger partial charge in [0.25, 0.3) is 0 Å². The number of ether oxygens (including phenoxy) is 2. The van der Waals surface area contributed by atoms with Gasteiger partial charge in [0.05, 0.1) is 4.90 Å². The third kappa shape index (κ3) is 3.12. The van der Waals surface area contributed by atoms with Gasteiger partial charge in [0.1, 0.15) is 13.2 Å². The second-order valence-electron chi connectivity index (χ2n) is 6.63. The van der Waals surface area contributed by atoms with Gasteiger partial charge >= 0.3 is 0 Å². The van der Waals surface area contributed by atoms with Gasteiger partial charge in [0, 0.05) is 18.0 Å². The van der Waals surface area contributed by atoms with E-state index in [9.17, 15) is 8.42 Å². The summed E-state index contributed by atoms with van der Waals surface area (Å²) < 4.78 is 39.2. The van der Waals surface area contributed by atoms with Crippen molar-refractivity contribution in [2.45, 2.75) is 29.6 Å². The van der Waals surface area contributed by atoms with Crippen molar-refractivity contribution in [1.82, 2.24) is 4.72 Å². The summed E-state index contributed by atoms with van der Waals surface area (Å²) in [5.74, 6) is 1.07. The standard InChI is InChI=1S/C19H21NO4S/c21-25(22,16-7-8-17-18(13-16)24-12-11-23-17)20-14-19(9-4-10-19)15-5-2-1-3-6-15/h1-3,5-8,13,20H,4,9-12,14H2. The number of hydrogen-bond donors (Lipinski definition) is 1. The van der Waals surface area contributed by atoms with E-state index in [2.05, 4.69) is 16.9 Å². The summed E-state index contributed by atoms with van der Waals surface area (Å²) in [6.45, 7) is 1.33. The Bertz CT molecular complexity index is 860. The monoisotopic (exact) mass is 359 g/mol. The Kier molecular flexibility index (Phi) is 4.17. The van der Waals surface area contributed by atoms with Gasteiger partial charge in [-0.15, -0.1) is 0 Å². The molecule has 0 aromatic heterocycles. The number of hydrogen-bond acceptors (Lipinski definition) is 4. The van der Waals surface area contributed by atoms with Gasteiger partial charge in [-0.3, -0.25) is 0 Å². The third-order valence-electron chi connectivity index (χ3n) is 5.12. The maximum Gasteiger partial charge on any atom is 0.240 e. The van der Waals surface area contributed by atoms with Crippen LogP contribution in [0.3, 0.4) is 0 Å². The summed E-state index contributed by atoms with van der Waals surface area (Å²) in [6, 6.07) is 14.9. The molecule has 132 valence electrons. The van der Waals surface area contributed by atoms with Gasteiger partial charge in [0.2, 0.25) is 10.0 Å². The van der Waals surface area contributed by atoms with E-state index >= 15 is 0 Å². The van der Waals surface area contributed by atoms with Crippen LogP contribution in [-0.2, 0) is 15.4 Å². The summed E-state index contributed by atoms with van der Waals surface area (Å²) in [4.78, 5) is 0.208. The minimum Gasteiger partial charge on any atom is -0.486 e. The largest absolute Gasteiger partial charge is 0.486 e. The zero-order valence-electron chi connectivity index (χ0n) is 13.9. The van der Waals surface area contributed by atoms with E-state index in [0.29, 0.717) is 31.3 Å². The number of nitrogens with one attached hydrogen (secondary N) is 1. The van der Waals surface area contributed by atoms with Crippen molar-refractivity contribution in [2.24, 2.45) is 0 Å². The SMILES string of the molecule is O=S(=O)(NCC1(c2ccccc2)CCC1)c1ccc2c(c1)OCCO2. The summed E-state index contributed by atoms with van der Waals surface area (Å²) >= 11 is 0. The second-order valence-corrected chi connectivity index (χ2v) is 8.40. The maximum absolute atomic E-state index is 12.7. The molecule has 0 spiro atoms. The van der Waals surface area contributed by atoms with Gasteiger partial charge in [-0.2, -0.15) is 0 Å². The van der Waals surface area contributed by atoms with E-state index in [0.717, 1.165) is 19.3 Å². The van der Waals surface area contributed by atoms with E-state index < -0.39 is 10.0 Å². The van der Waals surface area contributed by atoms with Crippen molar-refractivity contribution in [1.29, 1.82) is 0 Å². The van der Waals surface area contributed by atoms with E-state index in [-0.39, 0.29) is 10.3 Å². The Hall–Kier alpha value is -2.05. The molecular weight excluding hydrogens is 338 g/mol. The van der Waals surface area contributed by atoms with Crippen LogP contribution in [0.25, 0.3) is 0 Å². The molecular formula is C19H21NO4S. The molecule has 1 fully saturated rings. The van der Waals surface area contributed by atoms with Crippen molar-refractivity contribution < 1.29 is 17.9 Å². The molecule has 5 nitrogen and oxygen atoms in total. The van der Waals surface area contributed by atoms with Crippen LogP contribution in [0.15, 0.2) is 53.4 Å². The third-order valence-corrected chi connectivity index (χ3v) is 6.52. The van der Waals surface area contributed by atoms with Crippen LogP contribution in [0.4, 0.5) is 0 Å². The minimum atomic E-state index is -3.60. The summed E-state index contributed by atoms with van der Waals surface area (Å²) in [6.07, 6.45) is 3.13. The van der Waals surface area contributed by atoms with Gasteiger partial charge in [0.15, 0.2) is 11.5 Å². The number of benzene rings is 2. The zero-order valence-corrected chi connectivity index (χ0v) is 14.7. The van der Waals surface area contributed by atoms with Crippen LogP contribution in [-0.4, -0.2) is 28.2 Å². The molecule has 0 amide bonds. The lowest BCUT2D eigenvalue weighted by molar-refractivity contribution is 0.171. The second kappa shape index (κ2) is 6.35. The van der Waals surface area contributed by atoms with Crippen LogP contribution < -0.4 is 14.2 Å². The molecule has 1 N–H and O–H groups in total. The molecule has 0 atom stereocenters. The molecule has 6 heteroatoms. The smallest absolute Gasteiger partial charge is 0.240 e. The summed E-state index contributed by atoms with van der Waals surface area (Å²) in [5.41, 5.74) is 1.11. The van der Waals surface area contributed by atoms with Crippen LogP contribution in [0.2, 0.25) is 0 Å². The van der Waals surface area contributed by atoms with E-state index in [1.165, 1.54) is 11.6 Å². The molecule has 0 unspecified atom stereocenters. The fraction of sp³-hybridized carbons (Fsp3) is 0.368. The maximum atomic E-state index is 12.7. The molecule has 25 heavy (non-hydrogen) atoms. The highest BCUT2D eigenvalue weighted by atomic mass is 32.2. The van der Waals surface area contributed by atoms with E-state index in [4.69, 9.17) is 9.47 Å². The van der Waals surface area contributed by atoms with Crippen molar-refractivity contribution >= 4 is 10.0 Å². The van der Waals surface area contributed by atoms with Crippen molar-refractivity contribution in [3.63, 3.8) is 0 Å². The number of rotatable bonds is 5. The Morgan fingerprint density at radius 3 is 2.36 bits per heavy atom. The first kappa shape index (κ1) is 16.4. The quantitative estimate of drug-likeness (QED) is 0.892. The molecule has 2 aliphatic rings. The molecule has 0 saturated heterocycles. The molecule has 2 aromatic carbocycles. The molecule has 0 radical (unpaired) electrons. The van der Waals surface area contributed by atoms with Gasteiger partial charge in [-0.25, -0.2) is 13.1 Å². The minimum absolute atomic E-state index is 0.0951. The van der Waals surface area contributed by atoms with Gasteiger partial charge in [-0.05, 0) is 30.5 Å². The van der Waals surface area contributed by atoms with Gasteiger partial charge < -0.3 is 9.47 Å². The Labute approximate surface area is 148 Å². The zero-order chi connectivity index (χ0) is 17.3. The molecule has 1 heterocycles. The van der Waals surface area contributed by atoms with Gasteiger partial charge in [-0.1, -0.05) is 36.8 Å². The predicted octanol–water partition coefficient (Wildman–Crippen LogP) is 2.86.